The summed E-state index contributed by atoms with van der Waals surface area (Å²) in [6.45, 7) is 12.2. The van der Waals surface area contributed by atoms with E-state index in [9.17, 15) is 9.59 Å². The van der Waals surface area contributed by atoms with Crippen LogP contribution in [0.5, 0.6) is 0 Å². The molecule has 0 bridgehead atoms. The van der Waals surface area contributed by atoms with Crippen molar-refractivity contribution in [2.75, 3.05) is 19.5 Å². The number of nitrogens with two attached hydrogens (primary N) is 2. The quantitative estimate of drug-likeness (QED) is 0.134. The van der Waals surface area contributed by atoms with Crippen LogP contribution in [0.15, 0.2) is 40.2 Å². The lowest BCUT2D eigenvalue weighted by atomic mass is 10.1. The highest BCUT2D eigenvalue weighted by molar-refractivity contribution is 7.99. The lowest BCUT2D eigenvalue weighted by molar-refractivity contribution is 0.0951. The number of benzene rings is 1. The third kappa shape index (κ3) is 9.08. The molecule has 6 N–H and O–H groups in total. The first kappa shape index (κ1) is 32.0. The van der Waals surface area contributed by atoms with Gasteiger partial charge in [-0.25, -0.2) is 4.98 Å². The van der Waals surface area contributed by atoms with Crippen LogP contribution in [0.25, 0.3) is 5.65 Å². The van der Waals surface area contributed by atoms with Crippen molar-refractivity contribution in [2.24, 2.45) is 22.4 Å². The minimum absolute atomic E-state index is 0.258. The lowest BCUT2D eigenvalue weighted by Gasteiger charge is -2.10. The first-order chi connectivity index (χ1) is 17.8. The molecule has 2 heterocycles. The minimum Gasteiger partial charge on any atom is -0.396 e. The molecule has 0 fully saturated rings. The van der Waals surface area contributed by atoms with Crippen LogP contribution >= 0.6 is 11.8 Å². The second-order valence-electron chi connectivity index (χ2n) is 8.46. The Balaban J connectivity index is 0.000000659. The molecule has 0 aliphatic carbocycles. The summed E-state index contributed by atoms with van der Waals surface area (Å²) in [5.74, 6) is 0.913. The van der Waals surface area contributed by atoms with Crippen molar-refractivity contribution in [3.63, 3.8) is 0 Å². The first-order valence-corrected chi connectivity index (χ1v) is 13.1. The van der Waals surface area contributed by atoms with Gasteiger partial charge in [0.1, 0.15) is 5.69 Å². The van der Waals surface area contributed by atoms with Gasteiger partial charge in [0, 0.05) is 29.6 Å². The standard InChI is InChI=1S/C20H21N5O2S.C6H14O.CH5N/c1-12-4-6-15(19-24-13(2)17(10-26)25(12)19)20(27)23-9-14-5-7-16(22-3)18(8-14)28-11-21;1-6(2)4-3-5-7;1-2/h4-8,10H,3,9,11,21H2,1-2H3,(H,23,27);6-7H,3-5H2,1-2H3;2H2,1H3. The summed E-state index contributed by atoms with van der Waals surface area (Å²) < 4.78 is 1.71. The summed E-state index contributed by atoms with van der Waals surface area (Å²) in [5.41, 5.74) is 14.6. The highest BCUT2D eigenvalue weighted by Gasteiger charge is 2.17. The number of rotatable bonds is 10. The molecule has 202 valence electrons. The average Bonchev–Trinajstić information content (AvgIpc) is 3.24. The molecular weight excluding hydrogens is 488 g/mol. The molecule has 0 spiro atoms. The number of nitrogens with one attached hydrogen (secondary N) is 1. The number of hydrogen-bond acceptors (Lipinski definition) is 8. The Bertz CT molecular complexity index is 1180. The van der Waals surface area contributed by atoms with Crippen LogP contribution in [0.3, 0.4) is 0 Å². The Labute approximate surface area is 223 Å². The molecule has 1 aromatic carbocycles. The number of nitrogens with zero attached hydrogens (tertiary/aromatic N) is 3. The third-order valence-corrected chi connectivity index (χ3v) is 6.17. The number of aliphatic imine (C=N–C) groups is 1. The van der Waals surface area contributed by atoms with Gasteiger partial charge in [0.25, 0.3) is 5.91 Å². The predicted octanol–water partition coefficient (Wildman–Crippen LogP) is 4.02. The number of thioether (sulfide) groups is 1. The van der Waals surface area contributed by atoms with Crippen LogP contribution in [0, 0.1) is 19.8 Å². The largest absolute Gasteiger partial charge is 0.396 e. The maximum Gasteiger partial charge on any atom is 0.255 e. The molecule has 3 aromatic rings. The summed E-state index contributed by atoms with van der Waals surface area (Å²) >= 11 is 1.47. The number of pyridine rings is 1. The zero-order chi connectivity index (χ0) is 28.0. The molecule has 2 aromatic heterocycles. The molecule has 3 rings (SSSR count). The second kappa shape index (κ2) is 16.6. The van der Waals surface area contributed by atoms with Gasteiger partial charge in [-0.15, -0.1) is 11.8 Å². The van der Waals surface area contributed by atoms with Crippen LogP contribution in [0.1, 0.15) is 64.5 Å². The van der Waals surface area contributed by atoms with E-state index in [4.69, 9.17) is 10.8 Å². The highest BCUT2D eigenvalue weighted by atomic mass is 32.2. The maximum absolute atomic E-state index is 12.8. The van der Waals surface area contributed by atoms with Crippen LogP contribution in [-0.2, 0) is 6.54 Å². The second-order valence-corrected chi connectivity index (χ2v) is 9.52. The molecule has 10 heteroatoms. The van der Waals surface area contributed by atoms with E-state index in [1.165, 1.54) is 18.8 Å². The molecule has 9 nitrogen and oxygen atoms in total. The Kier molecular flexibility index (Phi) is 14.4. The van der Waals surface area contributed by atoms with E-state index in [1.54, 1.807) is 23.5 Å². The molecule has 0 aliphatic rings. The van der Waals surface area contributed by atoms with E-state index in [1.807, 2.05) is 25.1 Å². The number of hydrogen-bond donors (Lipinski definition) is 4. The van der Waals surface area contributed by atoms with Crippen LogP contribution < -0.4 is 16.8 Å². The zero-order valence-electron chi connectivity index (χ0n) is 22.5. The molecular formula is C27H40N6O3S. The first-order valence-electron chi connectivity index (χ1n) is 12.1. The fourth-order valence-corrected chi connectivity index (χ4v) is 4.22. The van der Waals surface area contributed by atoms with E-state index in [-0.39, 0.29) is 5.91 Å². The molecule has 0 saturated heterocycles. The number of fused-ring (bicyclic) bond motifs is 1. The molecule has 0 saturated carbocycles. The van der Waals surface area contributed by atoms with Crippen LogP contribution in [0.4, 0.5) is 5.69 Å². The number of carbonyl (C=O) groups is 2. The molecule has 1 amide bonds. The number of imidazole rings is 1. The predicted molar refractivity (Wildman–Crippen MR) is 153 cm³/mol. The van der Waals surface area contributed by atoms with Gasteiger partial charge in [-0.05, 0) is 76.2 Å². The minimum atomic E-state index is -0.258. The number of aromatic nitrogens is 2. The highest BCUT2D eigenvalue weighted by Crippen LogP contribution is 2.29. The van der Waals surface area contributed by atoms with Gasteiger partial charge >= 0.3 is 0 Å². The number of aliphatic hydroxyl groups is 1. The van der Waals surface area contributed by atoms with Crippen molar-refractivity contribution in [1.82, 2.24) is 14.7 Å². The smallest absolute Gasteiger partial charge is 0.255 e. The summed E-state index contributed by atoms with van der Waals surface area (Å²) in [5, 5.41) is 11.2. The van der Waals surface area contributed by atoms with Crippen molar-refractivity contribution < 1.29 is 14.7 Å². The summed E-state index contributed by atoms with van der Waals surface area (Å²) in [6.07, 6.45) is 2.87. The van der Waals surface area contributed by atoms with Gasteiger partial charge in [-0.2, -0.15) is 0 Å². The van der Waals surface area contributed by atoms with E-state index >= 15 is 0 Å². The summed E-state index contributed by atoms with van der Waals surface area (Å²) in [6, 6.07) is 9.21. The van der Waals surface area contributed by atoms with E-state index in [2.05, 4.69) is 41.6 Å². The number of aliphatic hydroxyl groups excluding tert-OH is 1. The monoisotopic (exact) mass is 528 g/mol. The summed E-state index contributed by atoms with van der Waals surface area (Å²) in [4.78, 5) is 33.5. The summed E-state index contributed by atoms with van der Waals surface area (Å²) in [7, 11) is 1.50. The third-order valence-electron chi connectivity index (χ3n) is 5.36. The van der Waals surface area contributed by atoms with E-state index in [0.29, 0.717) is 41.6 Å². The molecule has 37 heavy (non-hydrogen) atoms. The molecule has 0 unspecified atom stereocenters. The number of amides is 1. The lowest BCUT2D eigenvalue weighted by Crippen LogP contribution is -2.23. The van der Waals surface area contributed by atoms with Crippen LogP contribution in [0.2, 0.25) is 0 Å². The Morgan fingerprint density at radius 3 is 2.51 bits per heavy atom. The fraction of sp³-hybridized carbons (Fsp3) is 0.407. The fourth-order valence-electron chi connectivity index (χ4n) is 3.53. The number of carbonyl (C=O) groups excluding carboxylic acids is 2. The Morgan fingerprint density at radius 2 is 1.97 bits per heavy atom. The van der Waals surface area contributed by atoms with Crippen molar-refractivity contribution in [1.29, 1.82) is 0 Å². The topological polar surface area (TPSA) is 148 Å². The SMILES string of the molecule is C=Nc1ccc(CNC(=O)c2ccc(C)n3c(C=O)c(C)nc23)cc1SCN.CC(C)CCCO.CN. The molecule has 0 atom stereocenters. The number of aryl methyl sites for hydroxylation is 2. The van der Waals surface area contributed by atoms with Gasteiger partial charge < -0.3 is 21.9 Å². The Hall–Kier alpha value is -3.05. The normalized spacial score (nSPS) is 10.3. The average molecular weight is 529 g/mol. The zero-order valence-corrected chi connectivity index (χ0v) is 23.3. The van der Waals surface area contributed by atoms with Crippen molar-refractivity contribution in [3.8, 4) is 0 Å². The molecule has 0 aliphatic heterocycles. The maximum atomic E-state index is 12.8. The van der Waals surface area contributed by atoms with Gasteiger partial charge in [0.05, 0.1) is 16.9 Å². The van der Waals surface area contributed by atoms with E-state index < -0.39 is 0 Å². The van der Waals surface area contributed by atoms with Crippen LogP contribution in [-0.4, -0.2) is 52.9 Å². The van der Waals surface area contributed by atoms with Crippen molar-refractivity contribution >= 4 is 42.0 Å². The van der Waals surface area contributed by atoms with Gasteiger partial charge in [-0.3, -0.25) is 19.0 Å². The Morgan fingerprint density at radius 1 is 1.27 bits per heavy atom. The van der Waals surface area contributed by atoms with Gasteiger partial charge in [-0.1, -0.05) is 19.9 Å². The number of aldehydes is 1. The van der Waals surface area contributed by atoms with Crippen molar-refractivity contribution in [3.05, 3.63) is 58.5 Å². The molecule has 0 radical (unpaired) electrons. The van der Waals surface area contributed by atoms with Gasteiger partial charge in [0.2, 0.25) is 0 Å². The van der Waals surface area contributed by atoms with Crippen molar-refractivity contribution in [2.45, 2.75) is 52.0 Å². The van der Waals surface area contributed by atoms with E-state index in [0.717, 1.165) is 46.9 Å². The van der Waals surface area contributed by atoms with Gasteiger partial charge in [0.15, 0.2) is 11.9 Å².